The van der Waals surface area contributed by atoms with E-state index in [-0.39, 0.29) is 24.1 Å². The monoisotopic (exact) mass is 389 g/mol. The van der Waals surface area contributed by atoms with Crippen LogP contribution in [0.5, 0.6) is 0 Å². The molecule has 1 amide bonds. The maximum absolute atomic E-state index is 13.4. The van der Waals surface area contributed by atoms with Crippen LogP contribution in [0.3, 0.4) is 0 Å². The van der Waals surface area contributed by atoms with E-state index in [0.29, 0.717) is 19.4 Å². The summed E-state index contributed by atoms with van der Waals surface area (Å²) in [7, 11) is 0. The molecule has 2 aliphatic heterocycles. The van der Waals surface area contributed by atoms with E-state index >= 15 is 0 Å². The predicted molar refractivity (Wildman–Crippen MR) is 108 cm³/mol. The smallest absolute Gasteiger partial charge is 0.343 e. The molecule has 2 aromatic rings. The molecule has 29 heavy (non-hydrogen) atoms. The van der Waals surface area contributed by atoms with Crippen molar-refractivity contribution >= 4 is 11.9 Å². The third kappa shape index (κ3) is 3.61. The van der Waals surface area contributed by atoms with Crippen molar-refractivity contribution in [3.05, 3.63) is 96.1 Å². The van der Waals surface area contributed by atoms with Gasteiger partial charge in [-0.2, -0.15) is 0 Å². The zero-order chi connectivity index (χ0) is 20.3. The number of ether oxygens (including phenoxy) is 2. The fourth-order valence-corrected chi connectivity index (χ4v) is 3.98. The zero-order valence-electron chi connectivity index (χ0n) is 16.1. The van der Waals surface area contributed by atoms with Gasteiger partial charge in [0, 0.05) is 12.8 Å². The molecule has 2 aromatic carbocycles. The lowest BCUT2D eigenvalue weighted by molar-refractivity contribution is -0.154. The predicted octanol–water partition coefficient (Wildman–Crippen LogP) is 3.93. The van der Waals surface area contributed by atoms with E-state index in [9.17, 15) is 9.59 Å². The van der Waals surface area contributed by atoms with E-state index in [0.717, 1.165) is 11.1 Å². The number of esters is 1. The average molecular weight is 389 g/mol. The van der Waals surface area contributed by atoms with Gasteiger partial charge in [0.05, 0.1) is 12.6 Å². The highest BCUT2D eigenvalue weighted by molar-refractivity contribution is 6.17. The van der Waals surface area contributed by atoms with Gasteiger partial charge in [-0.15, -0.1) is 6.58 Å². The Bertz CT molecular complexity index is 938. The summed E-state index contributed by atoms with van der Waals surface area (Å²) in [6.45, 7) is 4.32. The second-order valence-corrected chi connectivity index (χ2v) is 7.24. The van der Waals surface area contributed by atoms with Crippen molar-refractivity contribution in [3.63, 3.8) is 0 Å². The lowest BCUT2D eigenvalue weighted by Crippen LogP contribution is -2.52. The van der Waals surface area contributed by atoms with Crippen LogP contribution in [0.25, 0.3) is 0 Å². The quantitative estimate of drug-likeness (QED) is 0.427. The molecule has 0 bridgehead atoms. The molecular weight excluding hydrogens is 366 g/mol. The summed E-state index contributed by atoms with van der Waals surface area (Å²) in [4.78, 5) is 27.7. The molecule has 2 atom stereocenters. The van der Waals surface area contributed by atoms with E-state index in [1.807, 2.05) is 60.7 Å². The maximum Gasteiger partial charge on any atom is 0.343 e. The first-order valence-electron chi connectivity index (χ1n) is 9.69. The first kappa shape index (κ1) is 19.2. The summed E-state index contributed by atoms with van der Waals surface area (Å²) >= 11 is 0. The Hall–Kier alpha value is -3.18. The highest BCUT2D eigenvalue weighted by atomic mass is 16.5. The van der Waals surface area contributed by atoms with Crippen LogP contribution in [-0.4, -0.2) is 29.1 Å². The molecule has 5 nitrogen and oxygen atoms in total. The van der Waals surface area contributed by atoms with Gasteiger partial charge < -0.3 is 9.47 Å². The number of fused-ring (bicyclic) bond motifs is 1. The number of nitrogens with zero attached hydrogens (tertiary/aromatic N) is 1. The summed E-state index contributed by atoms with van der Waals surface area (Å²) in [5.41, 5.74) is 1.11. The molecule has 5 heteroatoms. The van der Waals surface area contributed by atoms with E-state index in [1.165, 1.54) is 0 Å². The molecule has 0 unspecified atom stereocenters. The van der Waals surface area contributed by atoms with Gasteiger partial charge in [0.15, 0.2) is 5.72 Å². The summed E-state index contributed by atoms with van der Waals surface area (Å²) in [6.07, 6.45) is 4.30. The van der Waals surface area contributed by atoms with Crippen molar-refractivity contribution in [2.45, 2.75) is 31.2 Å². The molecule has 2 aliphatic rings. The van der Waals surface area contributed by atoms with Crippen LogP contribution < -0.4 is 0 Å². The van der Waals surface area contributed by atoms with Gasteiger partial charge in [0.2, 0.25) is 0 Å². The highest BCUT2D eigenvalue weighted by Gasteiger charge is 2.53. The molecule has 148 valence electrons. The Kier molecular flexibility index (Phi) is 5.32. The van der Waals surface area contributed by atoms with Crippen molar-refractivity contribution < 1.29 is 19.1 Å². The van der Waals surface area contributed by atoms with Crippen molar-refractivity contribution in [3.8, 4) is 0 Å². The number of benzene rings is 2. The van der Waals surface area contributed by atoms with E-state index in [1.54, 1.807) is 17.1 Å². The third-order valence-electron chi connectivity index (χ3n) is 5.42. The van der Waals surface area contributed by atoms with Gasteiger partial charge in [-0.25, -0.2) is 4.79 Å². The van der Waals surface area contributed by atoms with Gasteiger partial charge in [0.1, 0.15) is 12.2 Å². The first-order chi connectivity index (χ1) is 14.1. The van der Waals surface area contributed by atoms with Gasteiger partial charge in [-0.05, 0) is 11.1 Å². The van der Waals surface area contributed by atoms with Crippen LogP contribution in [0.15, 0.2) is 85.0 Å². The third-order valence-corrected chi connectivity index (χ3v) is 5.42. The number of rotatable bonds is 6. The Morgan fingerprint density at radius 1 is 1.17 bits per heavy atom. The minimum atomic E-state index is -0.803. The number of amides is 1. The number of carbonyl (C=O) groups is 2. The Morgan fingerprint density at radius 3 is 2.55 bits per heavy atom. The second kappa shape index (κ2) is 8.05. The molecule has 0 saturated carbocycles. The van der Waals surface area contributed by atoms with Crippen molar-refractivity contribution in [1.29, 1.82) is 0 Å². The minimum absolute atomic E-state index is 0.0621. The van der Waals surface area contributed by atoms with Crippen LogP contribution >= 0.6 is 0 Å². The van der Waals surface area contributed by atoms with E-state index in [2.05, 4.69) is 6.58 Å². The highest BCUT2D eigenvalue weighted by Crippen LogP contribution is 2.45. The number of hydrogen-bond donors (Lipinski definition) is 0. The average Bonchev–Trinajstić information content (AvgIpc) is 3.14. The first-order valence-corrected chi connectivity index (χ1v) is 9.69. The van der Waals surface area contributed by atoms with Gasteiger partial charge in [-0.1, -0.05) is 72.8 Å². The normalized spacial score (nSPS) is 23.3. The maximum atomic E-state index is 13.4. The summed E-state index contributed by atoms with van der Waals surface area (Å²) in [5.74, 6) is -0.965. The SMILES string of the molecule is C=CC[C@]12CC=C(C(=O)OCc3ccccc3)C(=O)N1[C@H](c1ccccc1)CO2. The van der Waals surface area contributed by atoms with Crippen molar-refractivity contribution in [2.75, 3.05) is 6.61 Å². The van der Waals surface area contributed by atoms with Gasteiger partial charge >= 0.3 is 5.97 Å². The van der Waals surface area contributed by atoms with Crippen molar-refractivity contribution in [1.82, 2.24) is 4.90 Å². The molecule has 2 heterocycles. The van der Waals surface area contributed by atoms with Crippen molar-refractivity contribution in [2.24, 2.45) is 0 Å². The molecule has 0 N–H and O–H groups in total. The molecule has 1 fully saturated rings. The standard InChI is InChI=1S/C24H23NO4/c1-2-14-24-15-13-20(23(27)28-16-18-9-5-3-6-10-18)22(26)25(24)21(17-29-24)19-11-7-4-8-12-19/h2-13,21H,1,14-17H2/t21-,24-/m0/s1. The van der Waals surface area contributed by atoms with Gasteiger partial charge in [0.25, 0.3) is 5.91 Å². The zero-order valence-corrected chi connectivity index (χ0v) is 16.1. The van der Waals surface area contributed by atoms with E-state index < -0.39 is 11.7 Å². The molecule has 0 aromatic heterocycles. The van der Waals surface area contributed by atoms with Gasteiger partial charge in [-0.3, -0.25) is 9.69 Å². The van der Waals surface area contributed by atoms with Crippen LogP contribution in [0, 0.1) is 0 Å². The summed E-state index contributed by atoms with van der Waals surface area (Å²) in [5, 5.41) is 0. The second-order valence-electron chi connectivity index (χ2n) is 7.24. The molecule has 4 rings (SSSR count). The Balaban J connectivity index is 1.58. The molecule has 1 saturated heterocycles. The van der Waals surface area contributed by atoms with Crippen LogP contribution in [0.2, 0.25) is 0 Å². The van der Waals surface area contributed by atoms with Crippen LogP contribution in [-0.2, 0) is 25.7 Å². The topological polar surface area (TPSA) is 55.8 Å². The lowest BCUT2D eigenvalue weighted by Gasteiger charge is -2.41. The fourth-order valence-electron chi connectivity index (χ4n) is 3.98. The Labute approximate surface area is 170 Å². The number of carbonyl (C=O) groups excluding carboxylic acids is 2. The van der Waals surface area contributed by atoms with E-state index in [4.69, 9.17) is 9.47 Å². The molecule has 0 aliphatic carbocycles. The fraction of sp³-hybridized carbons (Fsp3) is 0.250. The minimum Gasteiger partial charge on any atom is -0.457 e. The molecular formula is C24H23NO4. The van der Waals surface area contributed by atoms with Crippen LogP contribution in [0.4, 0.5) is 0 Å². The summed E-state index contributed by atoms with van der Waals surface area (Å²) in [6, 6.07) is 18.9. The van der Waals surface area contributed by atoms with Crippen LogP contribution in [0.1, 0.15) is 30.0 Å². The Morgan fingerprint density at radius 2 is 1.86 bits per heavy atom. The lowest BCUT2D eigenvalue weighted by atomic mass is 9.93. The molecule has 0 radical (unpaired) electrons. The largest absolute Gasteiger partial charge is 0.457 e. The summed E-state index contributed by atoms with van der Waals surface area (Å²) < 4.78 is 11.5. The molecule has 0 spiro atoms. The number of hydrogen-bond acceptors (Lipinski definition) is 4.